The van der Waals surface area contributed by atoms with Crippen molar-refractivity contribution in [3.63, 3.8) is 0 Å². The van der Waals surface area contributed by atoms with E-state index in [2.05, 4.69) is 4.72 Å². The van der Waals surface area contributed by atoms with Crippen LogP contribution in [0.1, 0.15) is 19.8 Å². The van der Waals surface area contributed by atoms with E-state index < -0.39 is 10.0 Å². The van der Waals surface area contributed by atoms with Gasteiger partial charge in [-0.3, -0.25) is 4.79 Å². The average Bonchev–Trinajstić information content (AvgIpc) is 2.47. The molecule has 0 radical (unpaired) electrons. The van der Waals surface area contributed by atoms with Gasteiger partial charge in [0.05, 0.1) is 11.4 Å². The molecular formula is C14H20N2O4S. The molecule has 0 atom stereocenters. The normalized spacial score (nSPS) is 14.7. The van der Waals surface area contributed by atoms with Gasteiger partial charge < -0.3 is 9.64 Å². The number of nitrogens with zero attached hydrogens (tertiary/aromatic N) is 1. The maximum absolute atomic E-state index is 11.9. The Kier molecular flexibility index (Phi) is 5.19. The first kappa shape index (κ1) is 15.8. The molecule has 1 aromatic rings. The van der Waals surface area contributed by atoms with E-state index in [1.54, 1.807) is 17.0 Å². The number of anilines is 1. The lowest BCUT2D eigenvalue weighted by atomic mass is 10.2. The van der Waals surface area contributed by atoms with Gasteiger partial charge in [0.25, 0.3) is 5.91 Å². The lowest BCUT2D eigenvalue weighted by molar-refractivity contribution is -0.121. The van der Waals surface area contributed by atoms with E-state index in [0.29, 0.717) is 24.4 Å². The number of sulfonamides is 1. The molecule has 0 aromatic heterocycles. The van der Waals surface area contributed by atoms with Crippen LogP contribution in [0.3, 0.4) is 0 Å². The predicted molar refractivity (Wildman–Crippen MR) is 81.0 cm³/mol. The summed E-state index contributed by atoms with van der Waals surface area (Å²) in [6.45, 7) is 2.43. The second-order valence-corrected chi connectivity index (χ2v) is 6.79. The van der Waals surface area contributed by atoms with Crippen LogP contribution in [-0.2, 0) is 14.8 Å². The fourth-order valence-electron chi connectivity index (χ4n) is 2.12. The molecule has 6 nitrogen and oxygen atoms in total. The third-order valence-corrected chi connectivity index (χ3v) is 4.70. The monoisotopic (exact) mass is 312 g/mol. The number of fused-ring (bicyclic) bond motifs is 1. The van der Waals surface area contributed by atoms with E-state index in [-0.39, 0.29) is 24.8 Å². The number of para-hydroxylation sites is 2. The van der Waals surface area contributed by atoms with E-state index in [1.807, 2.05) is 19.1 Å². The topological polar surface area (TPSA) is 75.7 Å². The summed E-state index contributed by atoms with van der Waals surface area (Å²) in [7, 11) is -3.26. The van der Waals surface area contributed by atoms with Crippen LogP contribution in [0.15, 0.2) is 24.3 Å². The Bertz CT molecular complexity index is 601. The highest BCUT2D eigenvalue weighted by Gasteiger charge is 2.24. The van der Waals surface area contributed by atoms with E-state index in [9.17, 15) is 13.2 Å². The number of carbonyl (C=O) groups excluding carboxylic acids is 1. The van der Waals surface area contributed by atoms with Gasteiger partial charge in [0, 0.05) is 13.1 Å². The van der Waals surface area contributed by atoms with Crippen LogP contribution in [0.4, 0.5) is 5.69 Å². The highest BCUT2D eigenvalue weighted by molar-refractivity contribution is 7.89. The molecule has 1 heterocycles. The number of hydrogen-bond acceptors (Lipinski definition) is 4. The van der Waals surface area contributed by atoms with Gasteiger partial charge in [-0.2, -0.15) is 0 Å². The van der Waals surface area contributed by atoms with Gasteiger partial charge in [-0.05, 0) is 18.6 Å². The Hall–Kier alpha value is -1.60. The minimum Gasteiger partial charge on any atom is -0.482 e. The van der Waals surface area contributed by atoms with Crippen LogP contribution in [-0.4, -0.2) is 39.8 Å². The Morgan fingerprint density at radius 2 is 2.10 bits per heavy atom. The first-order valence-corrected chi connectivity index (χ1v) is 8.68. The lowest BCUT2D eigenvalue weighted by Crippen LogP contribution is -2.43. The predicted octanol–water partition coefficient (Wildman–Crippen LogP) is 1.13. The van der Waals surface area contributed by atoms with Crippen molar-refractivity contribution in [2.24, 2.45) is 0 Å². The number of ether oxygens (including phenoxy) is 1. The molecule has 1 N–H and O–H groups in total. The number of nitrogens with one attached hydrogen (secondary N) is 1. The largest absolute Gasteiger partial charge is 0.482 e. The second kappa shape index (κ2) is 6.91. The van der Waals surface area contributed by atoms with Crippen molar-refractivity contribution in [1.29, 1.82) is 0 Å². The molecular weight excluding hydrogens is 292 g/mol. The Morgan fingerprint density at radius 3 is 2.86 bits per heavy atom. The van der Waals surface area contributed by atoms with E-state index >= 15 is 0 Å². The molecule has 1 aliphatic heterocycles. The van der Waals surface area contributed by atoms with Gasteiger partial charge in [0.15, 0.2) is 6.61 Å². The zero-order chi connectivity index (χ0) is 15.3. The molecule has 21 heavy (non-hydrogen) atoms. The number of carbonyl (C=O) groups is 1. The van der Waals surface area contributed by atoms with Crippen LogP contribution in [0.25, 0.3) is 0 Å². The summed E-state index contributed by atoms with van der Waals surface area (Å²) in [5, 5.41) is 0. The van der Waals surface area contributed by atoms with Crippen molar-refractivity contribution in [2.45, 2.75) is 19.8 Å². The SMILES string of the molecule is CCCCS(=O)(=O)NCCN1C(=O)COc2ccccc21. The van der Waals surface area contributed by atoms with E-state index in [0.717, 1.165) is 6.42 Å². The number of amides is 1. The third-order valence-electron chi connectivity index (χ3n) is 3.23. The molecule has 0 spiro atoms. The fraction of sp³-hybridized carbons (Fsp3) is 0.500. The molecule has 0 unspecified atom stereocenters. The van der Waals surface area contributed by atoms with Gasteiger partial charge in [-0.1, -0.05) is 25.5 Å². The third kappa shape index (κ3) is 4.18. The number of unbranched alkanes of at least 4 members (excludes halogenated alkanes) is 1. The van der Waals surface area contributed by atoms with Crippen LogP contribution >= 0.6 is 0 Å². The Labute approximate surface area is 125 Å². The van der Waals surface area contributed by atoms with Crippen molar-refractivity contribution in [3.8, 4) is 5.75 Å². The summed E-state index contributed by atoms with van der Waals surface area (Å²) < 4.78 is 31.3. The zero-order valence-electron chi connectivity index (χ0n) is 12.0. The van der Waals surface area contributed by atoms with Gasteiger partial charge in [-0.25, -0.2) is 13.1 Å². The number of rotatable bonds is 7. The van der Waals surface area contributed by atoms with Crippen LogP contribution in [0, 0.1) is 0 Å². The molecule has 1 amide bonds. The lowest BCUT2D eigenvalue weighted by Gasteiger charge is -2.29. The Balaban J connectivity index is 1.96. The van der Waals surface area contributed by atoms with Gasteiger partial charge in [0.1, 0.15) is 5.75 Å². The summed E-state index contributed by atoms with van der Waals surface area (Å²) in [6.07, 6.45) is 1.46. The van der Waals surface area contributed by atoms with Crippen molar-refractivity contribution >= 4 is 21.6 Å². The molecule has 1 aliphatic rings. The van der Waals surface area contributed by atoms with Gasteiger partial charge >= 0.3 is 0 Å². The zero-order valence-corrected chi connectivity index (χ0v) is 12.9. The van der Waals surface area contributed by atoms with E-state index in [4.69, 9.17) is 4.74 Å². The number of benzene rings is 1. The molecule has 0 bridgehead atoms. The molecule has 0 saturated carbocycles. The summed E-state index contributed by atoms with van der Waals surface area (Å²) in [4.78, 5) is 13.5. The summed E-state index contributed by atoms with van der Waals surface area (Å²) >= 11 is 0. The Morgan fingerprint density at radius 1 is 1.33 bits per heavy atom. The van der Waals surface area contributed by atoms with E-state index in [1.165, 1.54) is 0 Å². The van der Waals surface area contributed by atoms with Crippen molar-refractivity contribution < 1.29 is 17.9 Å². The van der Waals surface area contributed by atoms with Gasteiger partial charge in [-0.15, -0.1) is 0 Å². The highest BCUT2D eigenvalue weighted by Crippen LogP contribution is 2.30. The maximum Gasteiger partial charge on any atom is 0.265 e. The van der Waals surface area contributed by atoms with Crippen molar-refractivity contribution in [3.05, 3.63) is 24.3 Å². The molecule has 0 aliphatic carbocycles. The first-order valence-electron chi connectivity index (χ1n) is 7.03. The van der Waals surface area contributed by atoms with Crippen LogP contribution in [0.5, 0.6) is 5.75 Å². The average molecular weight is 312 g/mol. The molecule has 0 saturated heterocycles. The maximum atomic E-state index is 11.9. The van der Waals surface area contributed by atoms with Gasteiger partial charge in [0.2, 0.25) is 10.0 Å². The smallest absolute Gasteiger partial charge is 0.265 e. The first-order chi connectivity index (χ1) is 10.0. The summed E-state index contributed by atoms with van der Waals surface area (Å²) in [5.41, 5.74) is 0.682. The molecule has 7 heteroatoms. The van der Waals surface area contributed by atoms with Crippen molar-refractivity contribution in [1.82, 2.24) is 4.72 Å². The van der Waals surface area contributed by atoms with Crippen LogP contribution < -0.4 is 14.4 Å². The van der Waals surface area contributed by atoms with Crippen molar-refractivity contribution in [2.75, 3.05) is 30.3 Å². The highest BCUT2D eigenvalue weighted by atomic mass is 32.2. The molecule has 1 aromatic carbocycles. The second-order valence-electron chi connectivity index (χ2n) is 4.87. The molecule has 2 rings (SSSR count). The summed E-state index contributed by atoms with van der Waals surface area (Å²) in [6, 6.07) is 7.23. The quantitative estimate of drug-likeness (QED) is 0.819. The van der Waals surface area contributed by atoms with Crippen LogP contribution in [0.2, 0.25) is 0 Å². The molecule has 116 valence electrons. The minimum atomic E-state index is -3.26. The summed E-state index contributed by atoms with van der Waals surface area (Å²) in [5.74, 6) is 0.601. The fourth-order valence-corrected chi connectivity index (χ4v) is 3.33. The number of hydrogen-bond donors (Lipinski definition) is 1. The minimum absolute atomic E-state index is 0.0143. The standard InChI is InChI=1S/C14H20N2O4S/c1-2-3-10-21(18,19)15-8-9-16-12-6-4-5-7-13(12)20-11-14(16)17/h4-7,15H,2-3,8-11H2,1H3. The molecule has 0 fully saturated rings.